The summed E-state index contributed by atoms with van der Waals surface area (Å²) in [5.74, 6) is 0. The quantitative estimate of drug-likeness (QED) is 0.419. The van der Waals surface area contributed by atoms with Crippen molar-refractivity contribution in [3.05, 3.63) is 70.2 Å². The fraction of sp³-hybridized carbons (Fsp3) is 0.0588. The molecule has 3 aromatic carbocycles. The van der Waals surface area contributed by atoms with Crippen molar-refractivity contribution in [3.8, 4) is 11.1 Å². The van der Waals surface area contributed by atoms with E-state index in [1.165, 1.54) is 33.0 Å². The highest BCUT2D eigenvalue weighted by Crippen LogP contribution is 2.41. The van der Waals surface area contributed by atoms with E-state index in [1.54, 1.807) is 0 Å². The molecule has 4 rings (SSSR count). The highest BCUT2D eigenvalue weighted by Gasteiger charge is 2.19. The Bertz CT molecular complexity index is 772. The van der Waals surface area contributed by atoms with Gasteiger partial charge in [0.05, 0.1) is 0 Å². The average Bonchev–Trinajstić information content (AvgIpc) is 2.77. The highest BCUT2D eigenvalue weighted by atomic mass is 79.9. The minimum atomic E-state index is 1.06. The molecule has 0 saturated carbocycles. The summed E-state index contributed by atoms with van der Waals surface area (Å²) >= 11 is 3.58. The smallest absolute Gasteiger partial charge is 0.0181 e. The molecule has 0 atom stereocenters. The molecule has 0 radical (unpaired) electrons. The first-order valence-corrected chi connectivity index (χ1v) is 6.92. The number of benzene rings is 3. The van der Waals surface area contributed by atoms with Gasteiger partial charge in [0.25, 0.3) is 0 Å². The summed E-state index contributed by atoms with van der Waals surface area (Å²) < 4.78 is 1.15. The summed E-state index contributed by atoms with van der Waals surface area (Å²) in [4.78, 5) is 0. The molecule has 0 spiro atoms. The molecule has 3 aromatic rings. The van der Waals surface area contributed by atoms with Crippen LogP contribution in [0.15, 0.2) is 59.1 Å². The van der Waals surface area contributed by atoms with Crippen LogP contribution in [0.25, 0.3) is 21.9 Å². The van der Waals surface area contributed by atoms with E-state index in [-0.39, 0.29) is 0 Å². The molecular formula is C17H11Br. The summed E-state index contributed by atoms with van der Waals surface area (Å²) in [6.45, 7) is 0. The Balaban J connectivity index is 2.16. The van der Waals surface area contributed by atoms with Gasteiger partial charge in [-0.2, -0.15) is 0 Å². The van der Waals surface area contributed by atoms with Crippen LogP contribution < -0.4 is 0 Å². The molecule has 1 aliphatic carbocycles. The second-order valence-electron chi connectivity index (χ2n) is 4.80. The zero-order valence-corrected chi connectivity index (χ0v) is 11.4. The van der Waals surface area contributed by atoms with Crippen LogP contribution in [-0.2, 0) is 6.42 Å². The molecular weight excluding hydrogens is 284 g/mol. The predicted molar refractivity (Wildman–Crippen MR) is 79.9 cm³/mol. The van der Waals surface area contributed by atoms with Crippen LogP contribution >= 0.6 is 15.9 Å². The lowest BCUT2D eigenvalue weighted by Gasteiger charge is -2.07. The number of hydrogen-bond acceptors (Lipinski definition) is 0. The van der Waals surface area contributed by atoms with E-state index in [0.717, 1.165) is 10.9 Å². The van der Waals surface area contributed by atoms with Gasteiger partial charge in [-0.05, 0) is 51.6 Å². The van der Waals surface area contributed by atoms with E-state index < -0.39 is 0 Å². The van der Waals surface area contributed by atoms with E-state index >= 15 is 0 Å². The summed E-state index contributed by atoms with van der Waals surface area (Å²) in [5.41, 5.74) is 5.71. The second kappa shape index (κ2) is 3.69. The van der Waals surface area contributed by atoms with Gasteiger partial charge in [0.15, 0.2) is 0 Å². The lowest BCUT2D eigenvalue weighted by atomic mass is 9.98. The molecule has 1 heteroatoms. The predicted octanol–water partition coefficient (Wildman–Crippen LogP) is 5.17. The molecule has 0 fully saturated rings. The van der Waals surface area contributed by atoms with Crippen molar-refractivity contribution in [1.29, 1.82) is 0 Å². The standard InChI is InChI=1S/C17H11Br/c18-14-8-7-11-5-6-13-9-12-3-1-2-4-15(12)17(13)16(11)10-14/h1-8,10H,9H2. The van der Waals surface area contributed by atoms with Gasteiger partial charge in [-0.1, -0.05) is 58.4 Å². The van der Waals surface area contributed by atoms with Crippen LogP contribution in [-0.4, -0.2) is 0 Å². The van der Waals surface area contributed by atoms with Crippen LogP contribution in [0.3, 0.4) is 0 Å². The average molecular weight is 295 g/mol. The molecule has 0 saturated heterocycles. The highest BCUT2D eigenvalue weighted by molar-refractivity contribution is 9.10. The molecule has 18 heavy (non-hydrogen) atoms. The van der Waals surface area contributed by atoms with Gasteiger partial charge in [0.2, 0.25) is 0 Å². The Morgan fingerprint density at radius 3 is 2.61 bits per heavy atom. The third-order valence-electron chi connectivity index (χ3n) is 3.74. The van der Waals surface area contributed by atoms with Crippen molar-refractivity contribution >= 4 is 26.7 Å². The van der Waals surface area contributed by atoms with Gasteiger partial charge < -0.3 is 0 Å². The summed E-state index contributed by atoms with van der Waals surface area (Å²) in [5, 5.41) is 2.67. The first-order valence-electron chi connectivity index (χ1n) is 6.12. The van der Waals surface area contributed by atoms with Crippen molar-refractivity contribution in [2.24, 2.45) is 0 Å². The van der Waals surface area contributed by atoms with Crippen molar-refractivity contribution < 1.29 is 0 Å². The van der Waals surface area contributed by atoms with Crippen molar-refractivity contribution in [2.75, 3.05) is 0 Å². The number of fused-ring (bicyclic) bond motifs is 5. The second-order valence-corrected chi connectivity index (χ2v) is 5.71. The van der Waals surface area contributed by atoms with Crippen LogP contribution in [0.1, 0.15) is 11.1 Å². The first kappa shape index (κ1) is 10.3. The van der Waals surface area contributed by atoms with E-state index in [4.69, 9.17) is 0 Å². The molecule has 0 N–H and O–H groups in total. The third-order valence-corrected chi connectivity index (χ3v) is 4.23. The molecule has 86 valence electrons. The summed E-state index contributed by atoms with van der Waals surface area (Å²) in [7, 11) is 0. The Morgan fingerprint density at radius 1 is 0.833 bits per heavy atom. The number of hydrogen-bond donors (Lipinski definition) is 0. The lowest BCUT2D eigenvalue weighted by Crippen LogP contribution is -1.82. The fourth-order valence-electron chi connectivity index (χ4n) is 2.93. The monoisotopic (exact) mass is 294 g/mol. The zero-order valence-electron chi connectivity index (χ0n) is 9.78. The minimum absolute atomic E-state index is 1.06. The lowest BCUT2D eigenvalue weighted by molar-refractivity contribution is 1.27. The number of halogens is 1. The van der Waals surface area contributed by atoms with Gasteiger partial charge in [-0.25, -0.2) is 0 Å². The van der Waals surface area contributed by atoms with Crippen molar-refractivity contribution in [3.63, 3.8) is 0 Å². The van der Waals surface area contributed by atoms with E-state index in [1.807, 2.05) is 0 Å². The number of rotatable bonds is 0. The maximum absolute atomic E-state index is 3.58. The SMILES string of the molecule is Brc1ccc2ccc3c(c2c1)-c1ccccc1C3. The molecule has 0 unspecified atom stereocenters. The maximum atomic E-state index is 3.58. The molecule has 1 aliphatic rings. The van der Waals surface area contributed by atoms with Gasteiger partial charge >= 0.3 is 0 Å². The Kier molecular flexibility index (Phi) is 2.12. The van der Waals surface area contributed by atoms with E-state index in [9.17, 15) is 0 Å². The zero-order chi connectivity index (χ0) is 12.1. The van der Waals surface area contributed by atoms with E-state index in [0.29, 0.717) is 0 Å². The molecule has 0 nitrogen and oxygen atoms in total. The normalized spacial score (nSPS) is 12.5. The Labute approximate surface area is 114 Å². The molecule has 0 aromatic heterocycles. The Hall–Kier alpha value is -1.60. The molecule has 0 aliphatic heterocycles. The van der Waals surface area contributed by atoms with Gasteiger partial charge in [0, 0.05) is 4.47 Å². The van der Waals surface area contributed by atoms with Gasteiger partial charge in [-0.3, -0.25) is 0 Å². The van der Waals surface area contributed by atoms with Gasteiger partial charge in [-0.15, -0.1) is 0 Å². The summed E-state index contributed by atoms with van der Waals surface area (Å²) in [6.07, 6.45) is 1.06. The van der Waals surface area contributed by atoms with Crippen molar-refractivity contribution in [1.82, 2.24) is 0 Å². The fourth-order valence-corrected chi connectivity index (χ4v) is 3.29. The minimum Gasteiger partial charge on any atom is -0.0619 e. The van der Waals surface area contributed by atoms with Crippen molar-refractivity contribution in [2.45, 2.75) is 6.42 Å². The largest absolute Gasteiger partial charge is 0.0619 e. The van der Waals surface area contributed by atoms with Crippen LogP contribution in [0.2, 0.25) is 0 Å². The van der Waals surface area contributed by atoms with Crippen LogP contribution in [0, 0.1) is 0 Å². The van der Waals surface area contributed by atoms with E-state index in [2.05, 4.69) is 70.5 Å². The molecule has 0 bridgehead atoms. The third kappa shape index (κ3) is 1.37. The topological polar surface area (TPSA) is 0 Å². The molecule has 0 heterocycles. The Morgan fingerprint density at radius 2 is 1.67 bits per heavy atom. The first-order chi connectivity index (χ1) is 8.83. The molecule has 0 amide bonds. The summed E-state index contributed by atoms with van der Waals surface area (Å²) in [6, 6.07) is 19.7. The van der Waals surface area contributed by atoms with Crippen LogP contribution in [0.4, 0.5) is 0 Å². The van der Waals surface area contributed by atoms with Gasteiger partial charge in [0.1, 0.15) is 0 Å². The maximum Gasteiger partial charge on any atom is 0.0181 e. The van der Waals surface area contributed by atoms with Crippen LogP contribution in [0.5, 0.6) is 0 Å².